The lowest BCUT2D eigenvalue weighted by Gasteiger charge is -2.05. The third kappa shape index (κ3) is 13.7. The van der Waals surface area contributed by atoms with Crippen LogP contribution in [0.3, 0.4) is 0 Å². The fraction of sp³-hybridized carbons (Fsp3) is 0.917. The minimum atomic E-state index is -4.03. The van der Waals surface area contributed by atoms with Gasteiger partial charge in [0.2, 0.25) is 0 Å². The number of esters is 1. The fourth-order valence-corrected chi connectivity index (χ4v) is 2.10. The summed E-state index contributed by atoms with van der Waals surface area (Å²) in [5.41, 5.74) is 0. The fourth-order valence-electron chi connectivity index (χ4n) is 1.30. The van der Waals surface area contributed by atoms with Gasteiger partial charge in [0.05, 0.1) is 12.4 Å². The van der Waals surface area contributed by atoms with Crippen molar-refractivity contribution >= 4 is 17.7 Å². The van der Waals surface area contributed by atoms with Crippen LogP contribution in [0.4, 0.5) is 13.2 Å². The summed E-state index contributed by atoms with van der Waals surface area (Å²) in [7, 11) is 0. The zero-order chi connectivity index (χ0) is 13.9. The molecule has 0 saturated carbocycles. The van der Waals surface area contributed by atoms with Gasteiger partial charge in [-0.05, 0) is 25.0 Å². The molecule has 0 amide bonds. The highest BCUT2D eigenvalue weighted by Gasteiger charge is 2.25. The van der Waals surface area contributed by atoms with Gasteiger partial charge in [0, 0.05) is 6.42 Å². The standard InChI is InChI=1S/C12H21F3O2S/c1-2-8-17-11(16)10-18-9-6-4-3-5-7-12(13,14)15/h2-10H2,1H3. The second-order valence-corrected chi connectivity index (χ2v) is 5.16. The molecule has 0 aromatic rings. The van der Waals surface area contributed by atoms with Crippen LogP contribution in [0.1, 0.15) is 45.4 Å². The van der Waals surface area contributed by atoms with E-state index in [0.29, 0.717) is 18.8 Å². The summed E-state index contributed by atoms with van der Waals surface area (Å²) >= 11 is 1.48. The molecule has 6 heteroatoms. The van der Waals surface area contributed by atoms with Gasteiger partial charge in [0.25, 0.3) is 0 Å². The van der Waals surface area contributed by atoms with E-state index in [0.717, 1.165) is 25.0 Å². The Bertz CT molecular complexity index is 220. The van der Waals surface area contributed by atoms with Crippen LogP contribution in [0.15, 0.2) is 0 Å². The quantitative estimate of drug-likeness (QED) is 0.445. The van der Waals surface area contributed by atoms with Gasteiger partial charge < -0.3 is 4.74 Å². The number of unbranched alkanes of at least 4 members (excludes halogenated alkanes) is 3. The average Bonchev–Trinajstić information content (AvgIpc) is 2.28. The lowest BCUT2D eigenvalue weighted by molar-refractivity contribution is -0.140. The highest BCUT2D eigenvalue weighted by molar-refractivity contribution is 7.99. The molecule has 0 spiro atoms. The molecule has 0 aliphatic heterocycles. The van der Waals surface area contributed by atoms with Gasteiger partial charge in [-0.2, -0.15) is 24.9 Å². The van der Waals surface area contributed by atoms with Crippen molar-refractivity contribution in [3.8, 4) is 0 Å². The summed E-state index contributed by atoms with van der Waals surface area (Å²) in [5.74, 6) is 0.925. The Hall–Kier alpha value is -0.390. The number of carbonyl (C=O) groups is 1. The second-order valence-electron chi connectivity index (χ2n) is 4.05. The number of thioether (sulfide) groups is 1. The Morgan fingerprint density at radius 3 is 2.44 bits per heavy atom. The van der Waals surface area contributed by atoms with E-state index in [4.69, 9.17) is 4.74 Å². The van der Waals surface area contributed by atoms with Crippen LogP contribution >= 0.6 is 11.8 Å². The van der Waals surface area contributed by atoms with E-state index in [1.54, 1.807) is 0 Å². The molecule has 0 aliphatic rings. The largest absolute Gasteiger partial charge is 0.465 e. The molecule has 18 heavy (non-hydrogen) atoms. The summed E-state index contributed by atoms with van der Waals surface area (Å²) in [6.07, 6.45) is -1.47. The zero-order valence-electron chi connectivity index (χ0n) is 10.7. The molecule has 0 saturated heterocycles. The maximum Gasteiger partial charge on any atom is 0.389 e. The zero-order valence-corrected chi connectivity index (χ0v) is 11.5. The van der Waals surface area contributed by atoms with Crippen LogP contribution in [0.25, 0.3) is 0 Å². The summed E-state index contributed by atoms with van der Waals surface area (Å²) in [6.45, 7) is 2.39. The molecule has 2 nitrogen and oxygen atoms in total. The SMILES string of the molecule is CCCOC(=O)CSCCCCCCC(F)(F)F. The Balaban J connectivity index is 3.19. The van der Waals surface area contributed by atoms with Crippen molar-refractivity contribution in [2.24, 2.45) is 0 Å². The number of halogens is 3. The molecule has 0 aromatic heterocycles. The van der Waals surface area contributed by atoms with E-state index in [1.807, 2.05) is 6.92 Å². The van der Waals surface area contributed by atoms with E-state index in [-0.39, 0.29) is 12.4 Å². The Labute approximate surface area is 111 Å². The first-order valence-electron chi connectivity index (χ1n) is 6.26. The third-order valence-electron chi connectivity index (χ3n) is 2.19. The van der Waals surface area contributed by atoms with Gasteiger partial charge in [-0.1, -0.05) is 19.8 Å². The highest BCUT2D eigenvalue weighted by Crippen LogP contribution is 2.23. The van der Waals surface area contributed by atoms with E-state index in [1.165, 1.54) is 11.8 Å². The molecule has 0 bridgehead atoms. The predicted octanol–water partition coefficient (Wildman–Crippen LogP) is 4.19. The number of alkyl halides is 3. The lowest BCUT2D eigenvalue weighted by atomic mass is 10.1. The number of hydrogen-bond donors (Lipinski definition) is 0. The number of carbonyl (C=O) groups excluding carboxylic acids is 1. The molecule has 0 rings (SSSR count). The predicted molar refractivity (Wildman–Crippen MR) is 67.7 cm³/mol. The number of rotatable bonds is 10. The van der Waals surface area contributed by atoms with Crippen LogP contribution in [0.2, 0.25) is 0 Å². The van der Waals surface area contributed by atoms with Gasteiger partial charge in [-0.3, -0.25) is 4.79 Å². The molecule has 0 heterocycles. The van der Waals surface area contributed by atoms with Gasteiger partial charge in [-0.15, -0.1) is 0 Å². The molecule has 0 unspecified atom stereocenters. The summed E-state index contributed by atoms with van der Waals surface area (Å²) in [6, 6.07) is 0. The summed E-state index contributed by atoms with van der Waals surface area (Å²) in [4.78, 5) is 11.1. The van der Waals surface area contributed by atoms with Crippen LogP contribution < -0.4 is 0 Å². The number of ether oxygens (including phenoxy) is 1. The van der Waals surface area contributed by atoms with Crippen molar-refractivity contribution in [2.45, 2.75) is 51.6 Å². The molecular weight excluding hydrogens is 265 g/mol. The third-order valence-corrected chi connectivity index (χ3v) is 3.20. The van der Waals surface area contributed by atoms with Gasteiger partial charge in [0.15, 0.2) is 0 Å². The molecule has 0 N–H and O–H groups in total. The topological polar surface area (TPSA) is 26.3 Å². The van der Waals surface area contributed by atoms with Crippen LogP contribution in [0, 0.1) is 0 Å². The van der Waals surface area contributed by atoms with Gasteiger partial charge in [0.1, 0.15) is 0 Å². The maximum atomic E-state index is 11.8. The molecule has 0 atom stereocenters. The smallest absolute Gasteiger partial charge is 0.389 e. The molecule has 0 aromatic carbocycles. The minimum Gasteiger partial charge on any atom is -0.465 e. The Kier molecular flexibility index (Phi) is 10.3. The normalized spacial score (nSPS) is 11.6. The van der Waals surface area contributed by atoms with E-state index < -0.39 is 12.6 Å². The average molecular weight is 286 g/mol. The van der Waals surface area contributed by atoms with Crippen molar-refractivity contribution in [1.82, 2.24) is 0 Å². The lowest BCUT2D eigenvalue weighted by Crippen LogP contribution is -2.08. The molecule has 0 fully saturated rings. The Morgan fingerprint density at radius 2 is 1.83 bits per heavy atom. The molecule has 108 valence electrons. The molecular formula is C12H21F3O2S. The minimum absolute atomic E-state index is 0.201. The maximum absolute atomic E-state index is 11.8. The van der Waals surface area contributed by atoms with Gasteiger partial charge in [-0.25, -0.2) is 0 Å². The van der Waals surface area contributed by atoms with E-state index >= 15 is 0 Å². The van der Waals surface area contributed by atoms with Crippen molar-refractivity contribution in [3.63, 3.8) is 0 Å². The highest BCUT2D eigenvalue weighted by atomic mass is 32.2. The second kappa shape index (κ2) is 10.5. The van der Waals surface area contributed by atoms with Crippen molar-refractivity contribution in [1.29, 1.82) is 0 Å². The van der Waals surface area contributed by atoms with Crippen molar-refractivity contribution in [2.75, 3.05) is 18.1 Å². The van der Waals surface area contributed by atoms with Crippen molar-refractivity contribution < 1.29 is 22.7 Å². The van der Waals surface area contributed by atoms with Crippen LogP contribution in [0.5, 0.6) is 0 Å². The molecule has 0 aliphatic carbocycles. The first-order valence-corrected chi connectivity index (χ1v) is 7.41. The summed E-state index contributed by atoms with van der Waals surface area (Å²) in [5, 5.41) is 0. The van der Waals surface area contributed by atoms with Gasteiger partial charge >= 0.3 is 12.1 Å². The van der Waals surface area contributed by atoms with E-state index in [9.17, 15) is 18.0 Å². The van der Waals surface area contributed by atoms with E-state index in [2.05, 4.69) is 0 Å². The molecule has 0 radical (unpaired) electrons. The monoisotopic (exact) mass is 286 g/mol. The Morgan fingerprint density at radius 1 is 1.17 bits per heavy atom. The first kappa shape index (κ1) is 17.6. The summed E-state index contributed by atoms with van der Waals surface area (Å²) < 4.78 is 40.4. The van der Waals surface area contributed by atoms with Crippen molar-refractivity contribution in [3.05, 3.63) is 0 Å². The number of hydrogen-bond acceptors (Lipinski definition) is 3. The van der Waals surface area contributed by atoms with Crippen LogP contribution in [-0.2, 0) is 9.53 Å². The first-order chi connectivity index (χ1) is 8.45. The van der Waals surface area contributed by atoms with Crippen LogP contribution in [-0.4, -0.2) is 30.3 Å².